The average Bonchev–Trinajstić information content (AvgIpc) is 3.69. The van der Waals surface area contributed by atoms with Crippen molar-refractivity contribution in [2.24, 2.45) is 0 Å². The number of hydrogen-bond donors (Lipinski definition) is 0. The second-order valence-electron chi connectivity index (χ2n) is 13.7. The summed E-state index contributed by atoms with van der Waals surface area (Å²) >= 11 is 0. The number of hydrogen-bond acceptors (Lipinski definition) is 4. The van der Waals surface area contributed by atoms with Gasteiger partial charge in [-0.3, -0.25) is 4.57 Å². The van der Waals surface area contributed by atoms with Crippen LogP contribution in [0.4, 0.5) is 5.69 Å². The van der Waals surface area contributed by atoms with Crippen LogP contribution in [0.25, 0.3) is 39.0 Å². The molecule has 0 saturated heterocycles. The van der Waals surface area contributed by atoms with Crippen LogP contribution in [0.3, 0.4) is 0 Å². The van der Waals surface area contributed by atoms with Crippen molar-refractivity contribution < 1.29 is 4.74 Å². The standard InChI is InChI=1S/C41H40BN5O/c1-25(2)31-12-10-13-32(26(3)4)40(31)42-45(7)36-18-16-29(22-35(36)41-43-19-20-46(41)42)48-30-15-17-34-33-11-8-9-14-37(33)47(38(34)23-30)39-21-27(5)28(6)24-44-39/h8-26H,1-7H3. The van der Waals surface area contributed by atoms with Crippen molar-refractivity contribution in [3.63, 3.8) is 0 Å². The molecule has 0 unspecified atom stereocenters. The lowest BCUT2D eigenvalue weighted by molar-refractivity contribution is 0.483. The molecule has 0 fully saturated rings. The van der Waals surface area contributed by atoms with Crippen LogP contribution in [0.2, 0.25) is 0 Å². The maximum atomic E-state index is 6.63. The summed E-state index contributed by atoms with van der Waals surface area (Å²) in [5, 5.41) is 2.36. The first kappa shape index (κ1) is 30.1. The number of pyridine rings is 1. The third kappa shape index (κ3) is 4.71. The Kier molecular flexibility index (Phi) is 7.17. The third-order valence-electron chi connectivity index (χ3n) is 10.0. The Hall–Kier alpha value is -5.30. The predicted octanol–water partition coefficient (Wildman–Crippen LogP) is 9.39. The van der Waals surface area contributed by atoms with E-state index in [2.05, 4.69) is 154 Å². The Morgan fingerprint density at radius 1 is 0.708 bits per heavy atom. The fraction of sp³-hybridized carbons (Fsp3) is 0.220. The maximum Gasteiger partial charge on any atom is 0.417 e. The van der Waals surface area contributed by atoms with E-state index in [0.717, 1.165) is 45.4 Å². The van der Waals surface area contributed by atoms with Gasteiger partial charge in [0.25, 0.3) is 0 Å². The van der Waals surface area contributed by atoms with Crippen molar-refractivity contribution >= 4 is 39.9 Å². The molecule has 1 aliphatic heterocycles. The minimum absolute atomic E-state index is 0.00103. The number of fused-ring (bicyclic) bond motifs is 6. The summed E-state index contributed by atoms with van der Waals surface area (Å²) in [6.07, 6.45) is 5.98. The first-order valence-corrected chi connectivity index (χ1v) is 16.9. The van der Waals surface area contributed by atoms with E-state index in [4.69, 9.17) is 14.7 Å². The number of anilines is 1. The van der Waals surface area contributed by atoms with Crippen LogP contribution in [-0.4, -0.2) is 33.0 Å². The van der Waals surface area contributed by atoms with Crippen LogP contribution >= 0.6 is 0 Å². The number of imidazole rings is 1. The van der Waals surface area contributed by atoms with Gasteiger partial charge in [0.2, 0.25) is 0 Å². The van der Waals surface area contributed by atoms with Gasteiger partial charge in [-0.2, -0.15) is 0 Å². The number of rotatable bonds is 6. The minimum atomic E-state index is 0.00103. The second-order valence-corrected chi connectivity index (χ2v) is 13.7. The van der Waals surface area contributed by atoms with Gasteiger partial charge in [-0.1, -0.05) is 64.1 Å². The SMILES string of the molecule is Cc1cnc(-n2c3ccccc3c3ccc(Oc4ccc5c(c4)-c4nccn4B(c4c(C(C)C)cccc4C(C)C)N5C)cc32)cc1C. The quantitative estimate of drug-likeness (QED) is 0.172. The number of benzene rings is 4. The van der Waals surface area contributed by atoms with Crippen molar-refractivity contribution in [3.8, 4) is 28.7 Å². The zero-order chi connectivity index (χ0) is 33.3. The highest BCUT2D eigenvalue weighted by Crippen LogP contribution is 2.40. The zero-order valence-electron chi connectivity index (χ0n) is 28.7. The average molecular weight is 630 g/mol. The monoisotopic (exact) mass is 629 g/mol. The summed E-state index contributed by atoms with van der Waals surface area (Å²) in [5.41, 5.74) is 10.9. The highest BCUT2D eigenvalue weighted by Gasteiger charge is 2.38. The zero-order valence-corrected chi connectivity index (χ0v) is 28.7. The van der Waals surface area contributed by atoms with Crippen LogP contribution in [0.15, 0.2) is 104 Å². The Morgan fingerprint density at radius 3 is 2.17 bits per heavy atom. The molecule has 0 spiro atoms. The van der Waals surface area contributed by atoms with Gasteiger partial charge in [0.1, 0.15) is 23.1 Å². The van der Waals surface area contributed by atoms with E-state index in [9.17, 15) is 0 Å². The van der Waals surface area contributed by atoms with Gasteiger partial charge in [-0.05, 0) is 103 Å². The molecule has 0 aliphatic carbocycles. The number of aromatic nitrogens is 4. The molecule has 0 amide bonds. The summed E-state index contributed by atoms with van der Waals surface area (Å²) in [5.74, 6) is 4.19. The van der Waals surface area contributed by atoms with Crippen molar-refractivity contribution in [1.29, 1.82) is 0 Å². The van der Waals surface area contributed by atoms with E-state index in [1.165, 1.54) is 38.5 Å². The summed E-state index contributed by atoms with van der Waals surface area (Å²) in [4.78, 5) is 12.1. The summed E-state index contributed by atoms with van der Waals surface area (Å²) in [6.45, 7) is 13.4. The number of nitrogens with zero attached hydrogens (tertiary/aromatic N) is 5. The molecule has 1 aliphatic rings. The highest BCUT2D eigenvalue weighted by molar-refractivity contribution is 6.77. The molecule has 0 radical (unpaired) electrons. The molecule has 0 atom stereocenters. The normalized spacial score (nSPS) is 12.8. The van der Waals surface area contributed by atoms with Gasteiger partial charge < -0.3 is 14.0 Å². The van der Waals surface area contributed by atoms with E-state index in [1.807, 2.05) is 12.4 Å². The molecule has 6 nitrogen and oxygen atoms in total. The third-order valence-corrected chi connectivity index (χ3v) is 10.0. The predicted molar refractivity (Wildman–Crippen MR) is 200 cm³/mol. The molecule has 0 N–H and O–H groups in total. The Labute approximate surface area is 282 Å². The van der Waals surface area contributed by atoms with Gasteiger partial charge in [-0.15, -0.1) is 0 Å². The molecule has 48 heavy (non-hydrogen) atoms. The molecular formula is C41H40BN5O. The Balaban J connectivity index is 1.21. The first-order valence-electron chi connectivity index (χ1n) is 16.9. The highest BCUT2D eigenvalue weighted by atomic mass is 16.5. The van der Waals surface area contributed by atoms with Gasteiger partial charge in [0.05, 0.1) is 11.0 Å². The van der Waals surface area contributed by atoms with Crippen LogP contribution in [0.1, 0.15) is 61.8 Å². The van der Waals surface area contributed by atoms with Crippen molar-refractivity contribution in [3.05, 3.63) is 126 Å². The fourth-order valence-corrected chi connectivity index (χ4v) is 7.47. The van der Waals surface area contributed by atoms with Crippen molar-refractivity contribution in [2.45, 2.75) is 53.4 Å². The van der Waals surface area contributed by atoms with E-state index >= 15 is 0 Å². The van der Waals surface area contributed by atoms with Gasteiger partial charge in [-0.25, -0.2) is 9.97 Å². The summed E-state index contributed by atoms with van der Waals surface area (Å²) in [7, 11) is 2.20. The van der Waals surface area contributed by atoms with E-state index < -0.39 is 0 Å². The summed E-state index contributed by atoms with van der Waals surface area (Å²) in [6, 6.07) is 30.2. The van der Waals surface area contributed by atoms with E-state index in [0.29, 0.717) is 11.8 Å². The number of ether oxygens (including phenoxy) is 1. The van der Waals surface area contributed by atoms with E-state index in [1.54, 1.807) is 0 Å². The van der Waals surface area contributed by atoms with Crippen LogP contribution in [-0.2, 0) is 0 Å². The lowest BCUT2D eigenvalue weighted by Gasteiger charge is -2.37. The van der Waals surface area contributed by atoms with Crippen LogP contribution in [0, 0.1) is 13.8 Å². The Morgan fingerprint density at radius 2 is 1.42 bits per heavy atom. The molecule has 8 rings (SSSR count). The van der Waals surface area contributed by atoms with Gasteiger partial charge >= 0.3 is 6.98 Å². The first-order chi connectivity index (χ1) is 23.2. The molecule has 4 heterocycles. The molecule has 7 aromatic rings. The minimum Gasteiger partial charge on any atom is -0.457 e. The van der Waals surface area contributed by atoms with Gasteiger partial charge in [0, 0.05) is 46.7 Å². The summed E-state index contributed by atoms with van der Waals surface area (Å²) < 4.78 is 11.2. The lowest BCUT2D eigenvalue weighted by atomic mass is 9.58. The van der Waals surface area contributed by atoms with Crippen molar-refractivity contribution in [1.82, 2.24) is 19.0 Å². The Bertz CT molecular complexity index is 2320. The fourth-order valence-electron chi connectivity index (χ4n) is 7.47. The number of para-hydroxylation sites is 1. The molecule has 4 aromatic carbocycles. The molecule has 7 heteroatoms. The maximum absolute atomic E-state index is 6.63. The van der Waals surface area contributed by atoms with Crippen LogP contribution in [0.5, 0.6) is 11.5 Å². The van der Waals surface area contributed by atoms with Gasteiger partial charge in [0.15, 0.2) is 0 Å². The van der Waals surface area contributed by atoms with Crippen LogP contribution < -0.4 is 15.0 Å². The molecular weight excluding hydrogens is 589 g/mol. The molecule has 3 aromatic heterocycles. The van der Waals surface area contributed by atoms with Crippen molar-refractivity contribution in [2.75, 3.05) is 11.9 Å². The largest absolute Gasteiger partial charge is 0.457 e. The second kappa shape index (κ2) is 11.4. The van der Waals surface area contributed by atoms with E-state index in [-0.39, 0.29) is 6.98 Å². The lowest BCUT2D eigenvalue weighted by Crippen LogP contribution is -2.56. The molecule has 0 saturated carbocycles. The topological polar surface area (TPSA) is 48.1 Å². The molecule has 238 valence electrons. The number of aryl methyl sites for hydroxylation is 2. The molecule has 0 bridgehead atoms. The smallest absolute Gasteiger partial charge is 0.417 e.